The van der Waals surface area contributed by atoms with E-state index >= 15 is 0 Å². The number of nitrogens with zero attached hydrogens (tertiary/aromatic N) is 4. The molecule has 2 aliphatic rings. The molecule has 0 aliphatic carbocycles. The van der Waals surface area contributed by atoms with Crippen LogP contribution in [0.5, 0.6) is 0 Å². The molecule has 4 heterocycles. The molecule has 26 heavy (non-hydrogen) atoms. The molecule has 1 amide bonds. The molecular formula is C19H25N5O2. The Morgan fingerprint density at radius 1 is 1.35 bits per heavy atom. The molecule has 0 radical (unpaired) electrons. The second kappa shape index (κ2) is 7.17. The number of aromatic nitrogens is 3. The number of likely N-dealkylation sites (tertiary alicyclic amines) is 1. The Kier molecular flexibility index (Phi) is 4.74. The molecule has 2 fully saturated rings. The Hall–Kier alpha value is -2.25. The fraction of sp³-hybridized carbons (Fsp3) is 0.526. The molecule has 2 aromatic heterocycles. The average Bonchev–Trinajstić information content (AvgIpc) is 3.22. The summed E-state index contributed by atoms with van der Waals surface area (Å²) in [7, 11) is 1.83. The molecule has 7 nitrogen and oxygen atoms in total. The minimum absolute atomic E-state index is 0.0268. The number of aryl methyl sites for hydroxylation is 1. The number of pyridine rings is 1. The van der Waals surface area contributed by atoms with Gasteiger partial charge < -0.3 is 14.6 Å². The smallest absolute Gasteiger partial charge is 0.287 e. The Morgan fingerprint density at radius 3 is 2.88 bits per heavy atom. The van der Waals surface area contributed by atoms with Crippen molar-refractivity contribution in [2.75, 3.05) is 26.2 Å². The van der Waals surface area contributed by atoms with Crippen LogP contribution in [0.2, 0.25) is 0 Å². The van der Waals surface area contributed by atoms with Crippen molar-refractivity contribution in [2.24, 2.45) is 13.0 Å². The molecule has 1 spiro atoms. The summed E-state index contributed by atoms with van der Waals surface area (Å²) in [5.74, 6) is 0.839. The molecular weight excluding hydrogens is 330 g/mol. The van der Waals surface area contributed by atoms with Crippen LogP contribution in [0.3, 0.4) is 0 Å². The van der Waals surface area contributed by atoms with E-state index in [2.05, 4.69) is 32.3 Å². The highest BCUT2D eigenvalue weighted by molar-refractivity contribution is 5.90. The van der Waals surface area contributed by atoms with Gasteiger partial charge in [0.15, 0.2) is 5.82 Å². The van der Waals surface area contributed by atoms with E-state index < -0.39 is 0 Å². The maximum atomic E-state index is 12.2. The first-order chi connectivity index (χ1) is 12.7. The number of carbonyl (C=O) groups is 1. The normalized spacial score (nSPS) is 21.7. The molecule has 1 unspecified atom stereocenters. The van der Waals surface area contributed by atoms with Crippen molar-refractivity contribution >= 4 is 5.91 Å². The second-order valence-corrected chi connectivity index (χ2v) is 7.31. The zero-order valence-corrected chi connectivity index (χ0v) is 15.1. The topological polar surface area (TPSA) is 72.3 Å². The maximum Gasteiger partial charge on any atom is 0.287 e. The molecule has 1 N–H and O–H groups in total. The van der Waals surface area contributed by atoms with Gasteiger partial charge in [-0.05, 0) is 36.5 Å². The van der Waals surface area contributed by atoms with Crippen molar-refractivity contribution in [1.29, 1.82) is 0 Å². The second-order valence-electron chi connectivity index (χ2n) is 7.31. The first-order valence-electron chi connectivity index (χ1n) is 9.17. The average molecular weight is 355 g/mol. The monoisotopic (exact) mass is 355 g/mol. The van der Waals surface area contributed by atoms with Crippen molar-refractivity contribution in [1.82, 2.24) is 24.8 Å². The van der Waals surface area contributed by atoms with E-state index in [1.54, 1.807) is 17.0 Å². The summed E-state index contributed by atoms with van der Waals surface area (Å²) in [5, 5.41) is 2.99. The van der Waals surface area contributed by atoms with Gasteiger partial charge in [0.25, 0.3) is 5.91 Å². The van der Waals surface area contributed by atoms with E-state index in [0.29, 0.717) is 18.3 Å². The lowest BCUT2D eigenvalue weighted by Gasteiger charge is -2.50. The number of hydrogen-bond donors (Lipinski definition) is 1. The predicted octanol–water partition coefficient (Wildman–Crippen LogP) is 1.23. The molecule has 138 valence electrons. The third-order valence-electron chi connectivity index (χ3n) is 5.54. The van der Waals surface area contributed by atoms with Crippen molar-refractivity contribution in [2.45, 2.75) is 25.0 Å². The quantitative estimate of drug-likeness (QED) is 0.844. The number of imidazole rings is 1. The largest absolute Gasteiger partial charge is 0.372 e. The Morgan fingerprint density at radius 2 is 2.15 bits per heavy atom. The summed E-state index contributed by atoms with van der Waals surface area (Å²) in [5.41, 5.74) is 1.26. The van der Waals surface area contributed by atoms with Crippen LogP contribution in [-0.2, 0) is 18.3 Å². The summed E-state index contributed by atoms with van der Waals surface area (Å²) in [6, 6.07) is 4.12. The van der Waals surface area contributed by atoms with Crippen LogP contribution >= 0.6 is 0 Å². The van der Waals surface area contributed by atoms with Gasteiger partial charge >= 0.3 is 0 Å². The summed E-state index contributed by atoms with van der Waals surface area (Å²) in [6.07, 6.45) is 9.11. The third kappa shape index (κ3) is 3.37. The van der Waals surface area contributed by atoms with Crippen LogP contribution in [0.4, 0.5) is 0 Å². The zero-order chi connectivity index (χ0) is 18.0. The van der Waals surface area contributed by atoms with Crippen molar-refractivity contribution < 1.29 is 9.53 Å². The summed E-state index contributed by atoms with van der Waals surface area (Å²) >= 11 is 0. The lowest BCUT2D eigenvalue weighted by Crippen LogP contribution is -2.64. The van der Waals surface area contributed by atoms with Crippen LogP contribution < -0.4 is 5.32 Å². The van der Waals surface area contributed by atoms with Gasteiger partial charge in [0.1, 0.15) is 0 Å². The first kappa shape index (κ1) is 17.2. The van der Waals surface area contributed by atoms with Gasteiger partial charge in [-0.3, -0.25) is 14.7 Å². The van der Waals surface area contributed by atoms with Crippen molar-refractivity contribution in [3.63, 3.8) is 0 Å². The molecule has 7 heteroatoms. The number of carbonyl (C=O) groups excluding carboxylic acids is 1. The van der Waals surface area contributed by atoms with E-state index in [0.717, 1.165) is 39.1 Å². The van der Waals surface area contributed by atoms with Gasteiger partial charge in [-0.15, -0.1) is 0 Å². The van der Waals surface area contributed by atoms with Crippen LogP contribution in [0.1, 0.15) is 29.0 Å². The lowest BCUT2D eigenvalue weighted by atomic mass is 9.79. The highest BCUT2D eigenvalue weighted by atomic mass is 16.5. The molecule has 1 atom stereocenters. The Balaban J connectivity index is 1.26. The highest BCUT2D eigenvalue weighted by Gasteiger charge is 2.52. The number of ether oxygens (including phenoxy) is 1. The molecule has 2 aromatic rings. The van der Waals surface area contributed by atoms with Crippen LogP contribution in [0.15, 0.2) is 36.9 Å². The summed E-state index contributed by atoms with van der Waals surface area (Å²) < 4.78 is 7.86. The van der Waals surface area contributed by atoms with E-state index in [4.69, 9.17) is 4.74 Å². The number of hydrogen-bond acceptors (Lipinski definition) is 5. The van der Waals surface area contributed by atoms with Gasteiger partial charge in [-0.25, -0.2) is 4.98 Å². The van der Waals surface area contributed by atoms with E-state index in [9.17, 15) is 4.79 Å². The van der Waals surface area contributed by atoms with Gasteiger partial charge in [0.05, 0.1) is 5.60 Å². The van der Waals surface area contributed by atoms with Crippen LogP contribution in [-0.4, -0.2) is 57.2 Å². The van der Waals surface area contributed by atoms with Crippen molar-refractivity contribution in [3.05, 3.63) is 48.3 Å². The third-order valence-corrected chi connectivity index (χ3v) is 5.54. The van der Waals surface area contributed by atoms with Crippen LogP contribution in [0, 0.1) is 5.92 Å². The van der Waals surface area contributed by atoms with E-state index in [1.807, 2.05) is 19.4 Å². The highest BCUT2D eigenvalue weighted by Crippen LogP contribution is 2.41. The minimum Gasteiger partial charge on any atom is -0.372 e. The lowest BCUT2D eigenvalue weighted by molar-refractivity contribution is -0.136. The van der Waals surface area contributed by atoms with Crippen LogP contribution in [0.25, 0.3) is 0 Å². The molecule has 2 aliphatic heterocycles. The van der Waals surface area contributed by atoms with Gasteiger partial charge in [-0.2, -0.15) is 0 Å². The Bertz CT molecular complexity index is 754. The standard InChI is InChI=1S/C19H25N5O2/c1-23-10-9-21-17(23)18(25)22-8-4-16-5-11-26-19(16)13-24(14-19)12-15-2-6-20-7-3-15/h2-3,6-7,9-10,16H,4-5,8,11-14H2,1H3,(H,22,25). The molecule has 0 aromatic carbocycles. The van der Waals surface area contributed by atoms with Gasteiger partial charge in [0, 0.05) is 64.6 Å². The van der Waals surface area contributed by atoms with E-state index in [-0.39, 0.29) is 11.5 Å². The summed E-state index contributed by atoms with van der Waals surface area (Å²) in [4.78, 5) is 22.7. The van der Waals surface area contributed by atoms with Gasteiger partial charge in [0.2, 0.25) is 0 Å². The molecule has 0 bridgehead atoms. The first-order valence-corrected chi connectivity index (χ1v) is 9.17. The predicted molar refractivity (Wildman–Crippen MR) is 96.5 cm³/mol. The number of nitrogens with one attached hydrogen (secondary N) is 1. The fourth-order valence-corrected chi connectivity index (χ4v) is 4.13. The van der Waals surface area contributed by atoms with Gasteiger partial charge in [-0.1, -0.05) is 0 Å². The summed E-state index contributed by atoms with van der Waals surface area (Å²) in [6.45, 7) is 4.35. The SMILES string of the molecule is Cn1ccnc1C(=O)NCCC1CCOC12CN(Cc1ccncc1)C2. The number of amides is 1. The molecule has 0 saturated carbocycles. The minimum atomic E-state index is -0.113. The zero-order valence-electron chi connectivity index (χ0n) is 15.1. The van der Waals surface area contributed by atoms with E-state index in [1.165, 1.54) is 5.56 Å². The Labute approximate surface area is 153 Å². The number of rotatable bonds is 6. The molecule has 2 saturated heterocycles. The van der Waals surface area contributed by atoms with Crippen molar-refractivity contribution in [3.8, 4) is 0 Å². The maximum absolute atomic E-state index is 12.2. The fourth-order valence-electron chi connectivity index (χ4n) is 4.13. The molecule has 4 rings (SSSR count).